The molecule has 1 atom stereocenters. The van der Waals surface area contributed by atoms with Gasteiger partial charge >= 0.3 is 5.69 Å². The zero-order valence-corrected chi connectivity index (χ0v) is 10.4. The Morgan fingerprint density at radius 1 is 1.28 bits per heavy atom. The van der Waals surface area contributed by atoms with Crippen molar-refractivity contribution < 1.29 is 0 Å². The van der Waals surface area contributed by atoms with Crippen LogP contribution >= 0.6 is 0 Å². The molecule has 0 aliphatic carbocycles. The first kappa shape index (κ1) is 11.3. The van der Waals surface area contributed by atoms with Gasteiger partial charge in [-0.05, 0) is 44.0 Å². The molecule has 0 radical (unpaired) electrons. The smallest absolute Gasteiger partial charge is 0.312 e. The number of H-pyrrole nitrogens is 1. The molecular weight excluding hydrogens is 226 g/mol. The Morgan fingerprint density at radius 2 is 2.06 bits per heavy atom. The molecule has 1 fully saturated rings. The zero-order chi connectivity index (χ0) is 12.5. The Bertz CT molecular complexity index is 588. The second-order valence-corrected chi connectivity index (χ2v) is 4.81. The first-order valence-corrected chi connectivity index (χ1v) is 6.36. The largest absolute Gasteiger partial charge is 0.330 e. The number of nitrogens with zero attached hydrogens (tertiary/aromatic N) is 1. The number of nitrogens with one attached hydrogen (secondary N) is 2. The number of imidazole rings is 1. The molecule has 94 valence electrons. The van der Waals surface area contributed by atoms with Gasteiger partial charge in [0.2, 0.25) is 0 Å². The lowest BCUT2D eigenvalue weighted by atomic mass is 10.1. The highest BCUT2D eigenvalue weighted by Gasteiger charge is 2.16. The predicted octanol–water partition coefficient (Wildman–Crippen LogP) is 1.90. The maximum atomic E-state index is 11.7. The number of aromatic nitrogens is 2. The quantitative estimate of drug-likeness (QED) is 0.846. The van der Waals surface area contributed by atoms with E-state index in [0.717, 1.165) is 17.9 Å². The summed E-state index contributed by atoms with van der Waals surface area (Å²) in [4.78, 5) is 14.4. The van der Waals surface area contributed by atoms with Gasteiger partial charge in [0.25, 0.3) is 0 Å². The standard InChI is InChI=1S/C14H17N3O/c1-10-9-16-14(18)17(10)12-6-4-11(5-7-12)13-3-2-8-15-13/h4-7,9,13,15H,2-3,8H2,1H3,(H,16,18). The van der Waals surface area contributed by atoms with Crippen LogP contribution in [0.5, 0.6) is 0 Å². The van der Waals surface area contributed by atoms with Crippen LogP contribution in [0.2, 0.25) is 0 Å². The summed E-state index contributed by atoms with van der Waals surface area (Å²) in [6, 6.07) is 8.71. The highest BCUT2D eigenvalue weighted by Crippen LogP contribution is 2.23. The van der Waals surface area contributed by atoms with Gasteiger partial charge in [-0.15, -0.1) is 0 Å². The highest BCUT2D eigenvalue weighted by molar-refractivity contribution is 5.37. The molecule has 0 saturated carbocycles. The fraction of sp³-hybridized carbons (Fsp3) is 0.357. The normalized spacial score (nSPS) is 19.3. The van der Waals surface area contributed by atoms with Crippen LogP contribution < -0.4 is 11.0 Å². The van der Waals surface area contributed by atoms with Gasteiger partial charge in [0.05, 0.1) is 5.69 Å². The Morgan fingerprint density at radius 3 is 2.61 bits per heavy atom. The first-order valence-electron chi connectivity index (χ1n) is 6.36. The summed E-state index contributed by atoms with van der Waals surface area (Å²) >= 11 is 0. The molecule has 18 heavy (non-hydrogen) atoms. The van der Waals surface area contributed by atoms with Gasteiger partial charge in [-0.3, -0.25) is 4.57 Å². The average Bonchev–Trinajstić information content (AvgIpc) is 3.01. The second kappa shape index (κ2) is 4.46. The van der Waals surface area contributed by atoms with Gasteiger partial charge in [-0.1, -0.05) is 12.1 Å². The van der Waals surface area contributed by atoms with Gasteiger partial charge in [0, 0.05) is 17.9 Å². The number of rotatable bonds is 2. The molecule has 1 unspecified atom stereocenters. The van der Waals surface area contributed by atoms with Crippen LogP contribution in [0.4, 0.5) is 0 Å². The van der Waals surface area contributed by atoms with E-state index in [-0.39, 0.29) is 5.69 Å². The van der Waals surface area contributed by atoms with Crippen molar-refractivity contribution in [2.45, 2.75) is 25.8 Å². The molecule has 2 heterocycles. The van der Waals surface area contributed by atoms with Crippen molar-refractivity contribution in [1.82, 2.24) is 14.9 Å². The van der Waals surface area contributed by atoms with Crippen LogP contribution in [0.25, 0.3) is 5.69 Å². The molecule has 4 heteroatoms. The molecule has 4 nitrogen and oxygen atoms in total. The van der Waals surface area contributed by atoms with Gasteiger partial charge in [-0.2, -0.15) is 0 Å². The number of aryl methyl sites for hydroxylation is 1. The minimum atomic E-state index is -0.0840. The van der Waals surface area contributed by atoms with Gasteiger partial charge in [0.1, 0.15) is 0 Å². The van der Waals surface area contributed by atoms with Crippen molar-refractivity contribution in [3.8, 4) is 5.69 Å². The topological polar surface area (TPSA) is 49.8 Å². The highest BCUT2D eigenvalue weighted by atomic mass is 16.1. The minimum absolute atomic E-state index is 0.0840. The Hall–Kier alpha value is -1.81. The lowest BCUT2D eigenvalue weighted by Crippen LogP contribution is -2.16. The number of hydrogen-bond acceptors (Lipinski definition) is 2. The van der Waals surface area contributed by atoms with E-state index in [2.05, 4.69) is 22.4 Å². The molecule has 1 aromatic carbocycles. The van der Waals surface area contributed by atoms with Crippen molar-refractivity contribution in [3.63, 3.8) is 0 Å². The molecule has 1 aromatic heterocycles. The summed E-state index contributed by atoms with van der Waals surface area (Å²) in [5.41, 5.74) is 3.06. The molecule has 0 amide bonds. The average molecular weight is 243 g/mol. The monoisotopic (exact) mass is 243 g/mol. The maximum absolute atomic E-state index is 11.7. The summed E-state index contributed by atoms with van der Waals surface area (Å²) in [6.07, 6.45) is 4.17. The maximum Gasteiger partial charge on any atom is 0.330 e. The third-order valence-corrected chi connectivity index (χ3v) is 3.57. The van der Waals surface area contributed by atoms with E-state index in [9.17, 15) is 4.79 Å². The van der Waals surface area contributed by atoms with Gasteiger partial charge < -0.3 is 10.3 Å². The SMILES string of the molecule is Cc1c[nH]c(=O)n1-c1ccc(C2CCCN2)cc1. The number of aromatic amines is 1. The molecule has 2 N–H and O–H groups in total. The summed E-state index contributed by atoms with van der Waals surface area (Å²) in [5.74, 6) is 0. The summed E-state index contributed by atoms with van der Waals surface area (Å²) in [6.45, 7) is 3.02. The third kappa shape index (κ3) is 1.88. The predicted molar refractivity (Wildman–Crippen MR) is 71.1 cm³/mol. The van der Waals surface area contributed by atoms with Crippen molar-refractivity contribution in [1.29, 1.82) is 0 Å². The van der Waals surface area contributed by atoms with Crippen LogP contribution in [0.3, 0.4) is 0 Å². The van der Waals surface area contributed by atoms with Gasteiger partial charge in [0.15, 0.2) is 0 Å². The zero-order valence-electron chi connectivity index (χ0n) is 10.4. The Labute approximate surface area is 106 Å². The second-order valence-electron chi connectivity index (χ2n) is 4.81. The van der Waals surface area contributed by atoms with Crippen LogP contribution in [-0.2, 0) is 0 Å². The Kier molecular flexibility index (Phi) is 2.80. The molecule has 1 aliphatic heterocycles. The molecule has 1 aliphatic rings. The van der Waals surface area contributed by atoms with Crippen LogP contribution in [0.15, 0.2) is 35.3 Å². The van der Waals surface area contributed by atoms with Crippen molar-refractivity contribution >= 4 is 0 Å². The van der Waals surface area contributed by atoms with Crippen LogP contribution in [0, 0.1) is 6.92 Å². The van der Waals surface area contributed by atoms with E-state index >= 15 is 0 Å². The van der Waals surface area contributed by atoms with E-state index in [1.54, 1.807) is 10.8 Å². The van der Waals surface area contributed by atoms with E-state index in [0.29, 0.717) is 6.04 Å². The van der Waals surface area contributed by atoms with Crippen LogP contribution in [-0.4, -0.2) is 16.1 Å². The minimum Gasteiger partial charge on any atom is -0.312 e. The number of benzene rings is 1. The Balaban J connectivity index is 1.93. The fourth-order valence-corrected chi connectivity index (χ4v) is 2.60. The summed E-state index contributed by atoms with van der Waals surface area (Å²) in [5, 5.41) is 3.48. The lowest BCUT2D eigenvalue weighted by molar-refractivity contribution is 0.647. The molecule has 0 bridgehead atoms. The van der Waals surface area contributed by atoms with E-state index in [1.807, 2.05) is 19.1 Å². The first-order chi connectivity index (χ1) is 8.75. The lowest BCUT2D eigenvalue weighted by Gasteiger charge is -2.11. The molecule has 0 spiro atoms. The molecule has 2 aromatic rings. The molecular formula is C14H17N3O. The molecule has 1 saturated heterocycles. The third-order valence-electron chi connectivity index (χ3n) is 3.57. The molecule has 3 rings (SSSR count). The van der Waals surface area contributed by atoms with Gasteiger partial charge in [-0.25, -0.2) is 4.79 Å². The number of hydrogen-bond donors (Lipinski definition) is 2. The summed E-state index contributed by atoms with van der Waals surface area (Å²) in [7, 11) is 0. The fourth-order valence-electron chi connectivity index (χ4n) is 2.60. The van der Waals surface area contributed by atoms with Crippen molar-refractivity contribution in [2.75, 3.05) is 6.54 Å². The van der Waals surface area contributed by atoms with Crippen molar-refractivity contribution in [2.24, 2.45) is 0 Å². The van der Waals surface area contributed by atoms with Crippen LogP contribution in [0.1, 0.15) is 30.1 Å². The van der Waals surface area contributed by atoms with E-state index in [1.165, 1.54) is 18.4 Å². The summed E-state index contributed by atoms with van der Waals surface area (Å²) < 4.78 is 1.69. The van der Waals surface area contributed by atoms with E-state index < -0.39 is 0 Å². The van der Waals surface area contributed by atoms with Crippen molar-refractivity contribution in [3.05, 3.63) is 52.2 Å². The van der Waals surface area contributed by atoms with E-state index in [4.69, 9.17) is 0 Å².